The SMILES string of the molecule is COc1cccc2c1C(=O)c1c(O)c3c(c(O)c1C2=O)CC=C(OC(C)=O)C3. The monoisotopic (exact) mass is 380 g/mol. The van der Waals surface area contributed by atoms with Crippen LogP contribution in [-0.4, -0.2) is 34.9 Å². The van der Waals surface area contributed by atoms with Crippen LogP contribution in [-0.2, 0) is 22.4 Å². The molecule has 4 rings (SSSR count). The Labute approximate surface area is 159 Å². The number of allylic oxidation sites excluding steroid dienone is 2. The van der Waals surface area contributed by atoms with Crippen LogP contribution < -0.4 is 4.74 Å². The molecule has 0 saturated heterocycles. The second-order valence-corrected chi connectivity index (χ2v) is 6.59. The van der Waals surface area contributed by atoms with Gasteiger partial charge in [-0.2, -0.15) is 0 Å². The average molecular weight is 380 g/mol. The lowest BCUT2D eigenvalue weighted by molar-refractivity contribution is -0.137. The first-order valence-corrected chi connectivity index (χ1v) is 8.58. The summed E-state index contributed by atoms with van der Waals surface area (Å²) in [4.78, 5) is 37.4. The zero-order valence-corrected chi connectivity index (χ0v) is 15.2. The number of phenolic OH excluding ortho intramolecular Hbond substituents is 2. The van der Waals surface area contributed by atoms with Crippen molar-refractivity contribution in [3.63, 3.8) is 0 Å². The van der Waals surface area contributed by atoms with Gasteiger partial charge in [0.1, 0.15) is 23.0 Å². The molecule has 2 aliphatic rings. The van der Waals surface area contributed by atoms with Crippen molar-refractivity contribution in [3.8, 4) is 17.2 Å². The highest BCUT2D eigenvalue weighted by Crippen LogP contribution is 2.46. The molecule has 0 aliphatic heterocycles. The largest absolute Gasteiger partial charge is 0.507 e. The number of hydrogen-bond donors (Lipinski definition) is 2. The second-order valence-electron chi connectivity index (χ2n) is 6.59. The van der Waals surface area contributed by atoms with Crippen molar-refractivity contribution >= 4 is 17.5 Å². The van der Waals surface area contributed by atoms with Gasteiger partial charge in [-0.1, -0.05) is 12.1 Å². The first kappa shape index (κ1) is 17.8. The lowest BCUT2D eigenvalue weighted by Crippen LogP contribution is -2.24. The molecule has 0 amide bonds. The molecule has 7 heteroatoms. The Balaban J connectivity index is 1.94. The molecule has 0 unspecified atom stereocenters. The van der Waals surface area contributed by atoms with Crippen molar-refractivity contribution in [3.05, 3.63) is 63.4 Å². The number of benzene rings is 2. The summed E-state index contributed by atoms with van der Waals surface area (Å²) in [6, 6.07) is 4.61. The van der Waals surface area contributed by atoms with E-state index in [1.54, 1.807) is 18.2 Å². The van der Waals surface area contributed by atoms with Gasteiger partial charge in [0.05, 0.1) is 23.8 Å². The molecule has 28 heavy (non-hydrogen) atoms. The summed E-state index contributed by atoms with van der Waals surface area (Å²) >= 11 is 0. The first-order chi connectivity index (χ1) is 13.3. The number of phenols is 2. The Bertz CT molecular complexity index is 1110. The number of hydrogen-bond acceptors (Lipinski definition) is 7. The summed E-state index contributed by atoms with van der Waals surface area (Å²) in [6.07, 6.45) is 1.76. The Morgan fingerprint density at radius 3 is 2.36 bits per heavy atom. The van der Waals surface area contributed by atoms with Crippen LogP contribution >= 0.6 is 0 Å². The van der Waals surface area contributed by atoms with Gasteiger partial charge in [0.25, 0.3) is 0 Å². The Hall–Kier alpha value is -3.61. The standard InChI is InChI=1S/C21H16O7/c1-9(22)28-10-6-7-11-13(8-10)20(25)17-16(18(11)23)19(24)12-4-3-5-14(27-2)15(12)21(17)26/h3-6,23,25H,7-8H2,1-2H3. The lowest BCUT2D eigenvalue weighted by Gasteiger charge is -2.26. The van der Waals surface area contributed by atoms with Crippen molar-refractivity contribution in [2.45, 2.75) is 19.8 Å². The molecule has 0 atom stereocenters. The molecule has 0 heterocycles. The number of esters is 1. The number of rotatable bonds is 2. The highest BCUT2D eigenvalue weighted by molar-refractivity contribution is 6.31. The van der Waals surface area contributed by atoms with Crippen LogP contribution in [0.1, 0.15) is 49.9 Å². The minimum atomic E-state index is -0.610. The number of ketones is 2. The maximum atomic E-state index is 13.1. The highest BCUT2D eigenvalue weighted by atomic mass is 16.5. The zero-order chi connectivity index (χ0) is 20.2. The van der Waals surface area contributed by atoms with Crippen molar-refractivity contribution < 1.29 is 34.1 Å². The average Bonchev–Trinajstić information content (AvgIpc) is 2.67. The fourth-order valence-corrected chi connectivity index (χ4v) is 3.79. The molecule has 0 spiro atoms. The maximum absolute atomic E-state index is 13.1. The van der Waals surface area contributed by atoms with Crippen molar-refractivity contribution in [1.29, 1.82) is 0 Å². The van der Waals surface area contributed by atoms with E-state index in [9.17, 15) is 24.6 Å². The fourth-order valence-electron chi connectivity index (χ4n) is 3.79. The van der Waals surface area contributed by atoms with Crippen LogP contribution in [0.15, 0.2) is 30.0 Å². The molecule has 2 aliphatic carbocycles. The van der Waals surface area contributed by atoms with Crippen LogP contribution in [0.3, 0.4) is 0 Å². The number of carbonyl (C=O) groups is 3. The van der Waals surface area contributed by atoms with E-state index in [4.69, 9.17) is 9.47 Å². The summed E-state index contributed by atoms with van der Waals surface area (Å²) in [7, 11) is 1.38. The zero-order valence-electron chi connectivity index (χ0n) is 15.2. The molecule has 2 N–H and O–H groups in total. The highest BCUT2D eigenvalue weighted by Gasteiger charge is 2.39. The lowest BCUT2D eigenvalue weighted by atomic mass is 9.78. The predicted molar refractivity (Wildman–Crippen MR) is 96.9 cm³/mol. The molecule has 0 aromatic heterocycles. The van der Waals surface area contributed by atoms with Gasteiger partial charge in [0, 0.05) is 30.0 Å². The Kier molecular flexibility index (Phi) is 3.96. The van der Waals surface area contributed by atoms with E-state index >= 15 is 0 Å². The van der Waals surface area contributed by atoms with E-state index in [0.717, 1.165) is 0 Å². The smallest absolute Gasteiger partial charge is 0.307 e. The molecule has 7 nitrogen and oxygen atoms in total. The molecule has 0 fully saturated rings. The molecule has 0 radical (unpaired) electrons. The van der Waals surface area contributed by atoms with Gasteiger partial charge in [-0.15, -0.1) is 0 Å². The van der Waals surface area contributed by atoms with Crippen LogP contribution in [0.5, 0.6) is 17.2 Å². The van der Waals surface area contributed by atoms with Gasteiger partial charge in [-0.05, 0) is 18.6 Å². The van der Waals surface area contributed by atoms with Gasteiger partial charge in [0.2, 0.25) is 5.78 Å². The topological polar surface area (TPSA) is 110 Å². The summed E-state index contributed by atoms with van der Waals surface area (Å²) in [5.74, 6) is -1.90. The number of aromatic hydroxyl groups is 2. The van der Waals surface area contributed by atoms with E-state index in [1.165, 1.54) is 20.1 Å². The van der Waals surface area contributed by atoms with E-state index in [-0.39, 0.29) is 52.2 Å². The van der Waals surface area contributed by atoms with Gasteiger partial charge in [0.15, 0.2) is 5.78 Å². The number of fused-ring (bicyclic) bond motifs is 3. The molecular weight excluding hydrogens is 364 g/mol. The van der Waals surface area contributed by atoms with Gasteiger partial charge < -0.3 is 19.7 Å². The molecule has 2 aromatic carbocycles. The van der Waals surface area contributed by atoms with Gasteiger partial charge in [-0.25, -0.2) is 0 Å². The van der Waals surface area contributed by atoms with Crippen LogP contribution in [0.2, 0.25) is 0 Å². The van der Waals surface area contributed by atoms with Gasteiger partial charge >= 0.3 is 5.97 Å². The molecule has 0 bridgehead atoms. The van der Waals surface area contributed by atoms with Crippen LogP contribution in [0.4, 0.5) is 0 Å². The summed E-state index contributed by atoms with van der Waals surface area (Å²) < 4.78 is 10.3. The first-order valence-electron chi connectivity index (χ1n) is 8.58. The molecule has 142 valence electrons. The summed E-state index contributed by atoms with van der Waals surface area (Å²) in [5.41, 5.74) is 0.268. The summed E-state index contributed by atoms with van der Waals surface area (Å²) in [6.45, 7) is 1.26. The van der Waals surface area contributed by atoms with E-state index in [0.29, 0.717) is 11.3 Å². The van der Waals surface area contributed by atoms with Crippen molar-refractivity contribution in [2.75, 3.05) is 7.11 Å². The third-order valence-electron chi connectivity index (χ3n) is 4.99. The van der Waals surface area contributed by atoms with Crippen molar-refractivity contribution in [2.24, 2.45) is 0 Å². The van der Waals surface area contributed by atoms with E-state index in [2.05, 4.69) is 0 Å². The van der Waals surface area contributed by atoms with Crippen LogP contribution in [0, 0.1) is 0 Å². The number of carbonyl (C=O) groups excluding carboxylic acids is 3. The van der Waals surface area contributed by atoms with E-state index < -0.39 is 23.3 Å². The number of ether oxygens (including phenoxy) is 2. The molecular formula is C21H16O7. The fraction of sp³-hybridized carbons (Fsp3) is 0.190. The van der Waals surface area contributed by atoms with E-state index in [1.807, 2.05) is 0 Å². The molecule has 0 saturated carbocycles. The Morgan fingerprint density at radius 1 is 1.00 bits per heavy atom. The van der Waals surface area contributed by atoms with Gasteiger partial charge in [-0.3, -0.25) is 14.4 Å². The summed E-state index contributed by atoms with van der Waals surface area (Å²) in [5, 5.41) is 21.6. The third kappa shape index (κ3) is 2.40. The quantitative estimate of drug-likeness (QED) is 0.519. The minimum absolute atomic E-state index is 0.0157. The maximum Gasteiger partial charge on any atom is 0.307 e. The second kappa shape index (κ2) is 6.23. The third-order valence-corrected chi connectivity index (χ3v) is 4.99. The van der Waals surface area contributed by atoms with Crippen molar-refractivity contribution in [1.82, 2.24) is 0 Å². The minimum Gasteiger partial charge on any atom is -0.507 e. The predicted octanol–water partition coefficient (Wildman–Crippen LogP) is 2.43. The van der Waals surface area contributed by atoms with Crippen LogP contribution in [0.25, 0.3) is 0 Å². The normalized spacial score (nSPS) is 14.6. The Morgan fingerprint density at radius 2 is 1.68 bits per heavy atom. The number of methoxy groups -OCH3 is 1. The molecule has 2 aromatic rings.